The molecule has 2 fully saturated rings. The van der Waals surface area contributed by atoms with Crippen LogP contribution in [0.5, 0.6) is 5.75 Å². The van der Waals surface area contributed by atoms with E-state index in [9.17, 15) is 14.7 Å². The molecule has 1 saturated heterocycles. The molecule has 234 valence electrons. The fraction of sp³-hybridized carbons (Fsp3) is 0.484. The number of halogens is 4. The van der Waals surface area contributed by atoms with Crippen molar-refractivity contribution in [3.8, 4) is 5.75 Å². The number of rotatable bonds is 8. The molecule has 8 nitrogen and oxygen atoms in total. The van der Waals surface area contributed by atoms with Gasteiger partial charge in [-0.1, -0.05) is 29.3 Å². The van der Waals surface area contributed by atoms with Crippen molar-refractivity contribution in [1.82, 2.24) is 14.8 Å². The van der Waals surface area contributed by atoms with Gasteiger partial charge in [-0.2, -0.15) is 0 Å². The molecule has 2 heterocycles. The van der Waals surface area contributed by atoms with Crippen molar-refractivity contribution in [3.63, 3.8) is 0 Å². The Kier molecular flexibility index (Phi) is 9.93. The monoisotopic (exact) mass is 654 g/mol. The molecule has 3 aromatic rings. The standard InChI is InChI=1S/C31H37Cl2FN4O4.ClH/c1-17-13-36(14-18(2)38(17)16-31(3,4)41)27-25(34)11-22-26(29(27)42-5)37(21-8-9-21)15-23(28(22)39)30(40)35-12-19-6-7-20(32)10-24(19)33;/h6-7,10-11,15,17-18,21,41H,8-9,12-14,16H2,1-5H3,(H,35,40);1H. The zero-order chi connectivity index (χ0) is 30.5. The molecule has 43 heavy (non-hydrogen) atoms. The maximum Gasteiger partial charge on any atom is 0.257 e. The third-order valence-electron chi connectivity index (χ3n) is 8.03. The quantitative estimate of drug-likeness (QED) is 0.319. The lowest BCUT2D eigenvalue weighted by Crippen LogP contribution is -2.59. The van der Waals surface area contributed by atoms with Crippen LogP contribution in [0.2, 0.25) is 10.0 Å². The van der Waals surface area contributed by atoms with Gasteiger partial charge < -0.3 is 24.6 Å². The predicted octanol–water partition coefficient (Wildman–Crippen LogP) is 5.81. The molecule has 1 aromatic heterocycles. The van der Waals surface area contributed by atoms with Crippen molar-refractivity contribution in [3.05, 3.63) is 67.7 Å². The smallest absolute Gasteiger partial charge is 0.257 e. The van der Waals surface area contributed by atoms with Crippen LogP contribution in [0.4, 0.5) is 10.1 Å². The lowest BCUT2D eigenvalue weighted by atomic mass is 10.0. The Morgan fingerprint density at radius 3 is 2.37 bits per heavy atom. The average Bonchev–Trinajstić information content (AvgIpc) is 3.75. The van der Waals surface area contributed by atoms with Gasteiger partial charge in [0.1, 0.15) is 11.3 Å². The third-order valence-corrected chi connectivity index (χ3v) is 8.62. The number of ether oxygens (including phenoxy) is 1. The van der Waals surface area contributed by atoms with Gasteiger partial charge in [0, 0.05) is 60.5 Å². The van der Waals surface area contributed by atoms with E-state index in [-0.39, 0.29) is 53.8 Å². The average molecular weight is 656 g/mol. The number of amides is 1. The highest BCUT2D eigenvalue weighted by molar-refractivity contribution is 6.35. The number of nitrogens with zero attached hydrogens (tertiary/aromatic N) is 3. The topological polar surface area (TPSA) is 87.0 Å². The summed E-state index contributed by atoms with van der Waals surface area (Å²) in [6, 6.07) is 6.34. The van der Waals surface area contributed by atoms with Gasteiger partial charge >= 0.3 is 0 Å². The molecule has 2 N–H and O–H groups in total. The van der Waals surface area contributed by atoms with Gasteiger partial charge in [0.05, 0.1) is 23.6 Å². The fourth-order valence-corrected chi connectivity index (χ4v) is 6.44. The van der Waals surface area contributed by atoms with Gasteiger partial charge in [0.25, 0.3) is 5.91 Å². The molecule has 2 aromatic carbocycles. The van der Waals surface area contributed by atoms with E-state index < -0.39 is 22.8 Å². The van der Waals surface area contributed by atoms with Crippen LogP contribution >= 0.6 is 35.6 Å². The first kappa shape index (κ1) is 33.3. The number of piperazine rings is 1. The Hall–Kier alpha value is -2.56. The molecule has 5 rings (SSSR count). The number of β-amino-alcohol motifs (C(OH)–C–C–N with tert-alkyl or cyclic N) is 1. The number of carbonyl (C=O) groups excluding carboxylic acids is 1. The first-order chi connectivity index (χ1) is 19.8. The molecular formula is C31H38Cl3FN4O4. The zero-order valence-electron chi connectivity index (χ0n) is 24.9. The highest BCUT2D eigenvalue weighted by atomic mass is 35.5. The van der Waals surface area contributed by atoms with Crippen LogP contribution in [0.3, 0.4) is 0 Å². The molecule has 1 saturated carbocycles. The second kappa shape index (κ2) is 12.8. The third kappa shape index (κ3) is 6.91. The van der Waals surface area contributed by atoms with Gasteiger partial charge in [0.15, 0.2) is 11.6 Å². The van der Waals surface area contributed by atoms with Crippen LogP contribution in [0.25, 0.3) is 10.9 Å². The molecule has 2 unspecified atom stereocenters. The van der Waals surface area contributed by atoms with E-state index in [2.05, 4.69) is 24.1 Å². The molecule has 0 spiro atoms. The van der Waals surface area contributed by atoms with Gasteiger partial charge in [-0.25, -0.2) is 4.39 Å². The molecule has 1 aliphatic heterocycles. The van der Waals surface area contributed by atoms with Crippen molar-refractivity contribution >= 4 is 58.1 Å². The Balaban J connectivity index is 0.00000423. The molecule has 12 heteroatoms. The maximum absolute atomic E-state index is 16.0. The van der Waals surface area contributed by atoms with E-state index in [1.165, 1.54) is 13.2 Å². The maximum atomic E-state index is 16.0. The van der Waals surface area contributed by atoms with E-state index in [1.54, 1.807) is 38.2 Å². The lowest BCUT2D eigenvalue weighted by Gasteiger charge is -2.47. The Bertz CT molecular complexity index is 1580. The highest BCUT2D eigenvalue weighted by Gasteiger charge is 2.36. The van der Waals surface area contributed by atoms with E-state index in [1.807, 2.05) is 9.47 Å². The van der Waals surface area contributed by atoms with Crippen LogP contribution in [0.1, 0.15) is 62.5 Å². The lowest BCUT2D eigenvalue weighted by molar-refractivity contribution is 0.00235. The number of carbonyl (C=O) groups is 1. The zero-order valence-corrected chi connectivity index (χ0v) is 27.2. The number of aliphatic hydroxyl groups is 1. The normalized spacial score (nSPS) is 19.3. The van der Waals surface area contributed by atoms with Gasteiger partial charge in [0.2, 0.25) is 5.43 Å². The second-order valence-electron chi connectivity index (χ2n) is 12.2. The summed E-state index contributed by atoms with van der Waals surface area (Å²) in [4.78, 5) is 31.1. The SMILES string of the molecule is COc1c(N2CC(C)N(CC(C)(C)O)C(C)C2)c(F)cc2c(=O)c(C(=O)NCc3ccc(Cl)cc3Cl)cn(C3CC3)c12.Cl. The fourth-order valence-electron chi connectivity index (χ4n) is 5.97. The van der Waals surface area contributed by atoms with E-state index in [4.69, 9.17) is 27.9 Å². The van der Waals surface area contributed by atoms with E-state index in [0.717, 1.165) is 12.8 Å². The van der Waals surface area contributed by atoms with Crippen molar-refractivity contribution in [2.75, 3.05) is 31.6 Å². The summed E-state index contributed by atoms with van der Waals surface area (Å²) in [6.45, 7) is 9.30. The number of nitrogens with one attached hydrogen (secondary N) is 1. The van der Waals surface area contributed by atoms with Gasteiger partial charge in [-0.05, 0) is 64.3 Å². The molecule has 0 bridgehead atoms. The highest BCUT2D eigenvalue weighted by Crippen LogP contribution is 2.44. The van der Waals surface area contributed by atoms with Gasteiger partial charge in [-0.3, -0.25) is 14.5 Å². The number of aromatic nitrogens is 1. The Morgan fingerprint density at radius 1 is 1.16 bits per heavy atom. The van der Waals surface area contributed by atoms with Crippen LogP contribution in [-0.2, 0) is 6.54 Å². The van der Waals surface area contributed by atoms with Crippen LogP contribution in [-0.4, -0.2) is 64.9 Å². The Labute approximate surface area is 267 Å². The number of methoxy groups -OCH3 is 1. The molecule has 2 atom stereocenters. The number of fused-ring (bicyclic) bond motifs is 1. The largest absolute Gasteiger partial charge is 0.492 e. The van der Waals surface area contributed by atoms with Crippen molar-refractivity contribution in [2.45, 2.75) is 70.8 Å². The van der Waals surface area contributed by atoms with Crippen molar-refractivity contribution < 1.29 is 19.0 Å². The van der Waals surface area contributed by atoms with Crippen LogP contribution in [0.15, 0.2) is 35.3 Å². The number of pyridine rings is 1. The number of anilines is 1. The summed E-state index contributed by atoms with van der Waals surface area (Å²) in [6.07, 6.45) is 3.32. The Morgan fingerprint density at radius 2 is 1.81 bits per heavy atom. The van der Waals surface area contributed by atoms with Crippen LogP contribution in [0, 0.1) is 5.82 Å². The number of hydrogen-bond donors (Lipinski definition) is 2. The van der Waals surface area contributed by atoms with Crippen LogP contribution < -0.4 is 20.4 Å². The van der Waals surface area contributed by atoms with Crippen molar-refractivity contribution in [2.24, 2.45) is 0 Å². The number of benzene rings is 2. The summed E-state index contributed by atoms with van der Waals surface area (Å²) in [7, 11) is 1.48. The summed E-state index contributed by atoms with van der Waals surface area (Å²) >= 11 is 12.2. The summed E-state index contributed by atoms with van der Waals surface area (Å²) < 4.78 is 23.8. The second-order valence-corrected chi connectivity index (χ2v) is 13.0. The first-order valence-corrected chi connectivity index (χ1v) is 14.9. The molecule has 2 aliphatic rings. The molecular weight excluding hydrogens is 618 g/mol. The summed E-state index contributed by atoms with van der Waals surface area (Å²) in [5.74, 6) is -0.875. The summed E-state index contributed by atoms with van der Waals surface area (Å²) in [5.41, 5.74) is -0.0607. The minimum atomic E-state index is -0.859. The van der Waals surface area contributed by atoms with Gasteiger partial charge in [-0.15, -0.1) is 12.4 Å². The van der Waals surface area contributed by atoms with E-state index in [0.29, 0.717) is 46.4 Å². The molecule has 0 radical (unpaired) electrons. The van der Waals surface area contributed by atoms with E-state index >= 15 is 4.39 Å². The minimum Gasteiger partial charge on any atom is -0.492 e. The van der Waals surface area contributed by atoms with Crippen molar-refractivity contribution in [1.29, 1.82) is 0 Å². The predicted molar refractivity (Wildman–Crippen MR) is 172 cm³/mol. The molecule has 1 amide bonds. The summed E-state index contributed by atoms with van der Waals surface area (Å²) in [5, 5.41) is 14.2. The minimum absolute atomic E-state index is 0. The first-order valence-electron chi connectivity index (χ1n) is 14.2. The number of hydrogen-bond acceptors (Lipinski definition) is 6. The molecule has 1 aliphatic carbocycles.